The lowest BCUT2D eigenvalue weighted by Gasteiger charge is -2.01. The van der Waals surface area contributed by atoms with E-state index in [1.54, 1.807) is 5.48 Å². The summed E-state index contributed by atoms with van der Waals surface area (Å²) in [6.45, 7) is -0.0228. The van der Waals surface area contributed by atoms with Gasteiger partial charge in [-0.1, -0.05) is 11.6 Å². The summed E-state index contributed by atoms with van der Waals surface area (Å²) in [5, 5.41) is 7.71. The van der Waals surface area contributed by atoms with Gasteiger partial charge in [-0.15, -0.1) is 0 Å². The van der Waals surface area contributed by atoms with E-state index in [1.807, 2.05) is 0 Å². The van der Waals surface area contributed by atoms with Crippen LogP contribution in [-0.4, -0.2) is 5.21 Å². The van der Waals surface area contributed by atoms with E-state index in [4.69, 9.17) is 16.8 Å². The summed E-state index contributed by atoms with van der Waals surface area (Å²) in [5.41, 5.74) is 2.07. The molecule has 0 heterocycles. The standard InChI is InChI=1S/C7H6ClF2NO/c8-7-5(9)1-4(3-11-12)2-6(7)10/h1-2,11-12H,3H2. The molecule has 0 aliphatic rings. The van der Waals surface area contributed by atoms with Gasteiger partial charge in [-0.25, -0.2) is 14.3 Å². The van der Waals surface area contributed by atoms with E-state index in [0.717, 1.165) is 12.1 Å². The van der Waals surface area contributed by atoms with Gasteiger partial charge in [0.2, 0.25) is 0 Å². The second-order valence-electron chi connectivity index (χ2n) is 2.21. The Balaban J connectivity index is 3.04. The molecule has 0 saturated carbocycles. The highest BCUT2D eigenvalue weighted by Crippen LogP contribution is 2.20. The Kier molecular flexibility index (Phi) is 2.97. The molecule has 0 fully saturated rings. The SMILES string of the molecule is ONCc1cc(F)c(Cl)c(F)c1. The number of benzene rings is 1. The third kappa shape index (κ3) is 1.91. The van der Waals surface area contributed by atoms with Crippen molar-refractivity contribution in [2.45, 2.75) is 6.54 Å². The van der Waals surface area contributed by atoms with E-state index in [1.165, 1.54) is 0 Å². The molecule has 0 aromatic heterocycles. The van der Waals surface area contributed by atoms with Gasteiger partial charge in [0.05, 0.1) is 0 Å². The van der Waals surface area contributed by atoms with Crippen LogP contribution >= 0.6 is 11.6 Å². The van der Waals surface area contributed by atoms with E-state index in [-0.39, 0.29) is 12.1 Å². The molecule has 1 rings (SSSR count). The lowest BCUT2D eigenvalue weighted by Crippen LogP contribution is -2.06. The van der Waals surface area contributed by atoms with Crippen molar-refractivity contribution in [2.75, 3.05) is 0 Å². The van der Waals surface area contributed by atoms with Gasteiger partial charge in [0.15, 0.2) is 0 Å². The van der Waals surface area contributed by atoms with Crippen LogP contribution in [0, 0.1) is 11.6 Å². The van der Waals surface area contributed by atoms with Crippen molar-refractivity contribution in [3.05, 3.63) is 34.4 Å². The summed E-state index contributed by atoms with van der Waals surface area (Å²) in [5.74, 6) is -1.66. The van der Waals surface area contributed by atoms with Gasteiger partial charge in [-0.05, 0) is 17.7 Å². The van der Waals surface area contributed by atoms with Gasteiger partial charge in [-0.2, -0.15) is 0 Å². The van der Waals surface area contributed by atoms with E-state index >= 15 is 0 Å². The van der Waals surface area contributed by atoms with Gasteiger partial charge in [0.1, 0.15) is 16.7 Å². The first-order chi connectivity index (χ1) is 5.65. The van der Waals surface area contributed by atoms with Crippen LogP contribution in [0.1, 0.15) is 5.56 Å². The van der Waals surface area contributed by atoms with Crippen molar-refractivity contribution >= 4 is 11.6 Å². The number of hydroxylamine groups is 1. The van der Waals surface area contributed by atoms with Crippen LogP contribution in [0.25, 0.3) is 0 Å². The van der Waals surface area contributed by atoms with Crippen LogP contribution in [0.5, 0.6) is 0 Å². The summed E-state index contributed by atoms with van der Waals surface area (Å²) in [6, 6.07) is 2.10. The molecule has 2 nitrogen and oxygen atoms in total. The molecular formula is C7H6ClF2NO. The summed E-state index contributed by atoms with van der Waals surface area (Å²) >= 11 is 5.22. The third-order valence-electron chi connectivity index (χ3n) is 1.33. The van der Waals surface area contributed by atoms with Crippen LogP contribution in [-0.2, 0) is 6.54 Å². The number of halogens is 3. The molecule has 0 radical (unpaired) electrons. The normalized spacial score (nSPS) is 10.3. The summed E-state index contributed by atoms with van der Waals surface area (Å²) in [7, 11) is 0. The molecule has 1 aromatic rings. The van der Waals surface area contributed by atoms with E-state index in [9.17, 15) is 8.78 Å². The first-order valence-electron chi connectivity index (χ1n) is 3.15. The smallest absolute Gasteiger partial charge is 0.145 e. The molecule has 0 unspecified atom stereocenters. The van der Waals surface area contributed by atoms with Crippen LogP contribution in [0.4, 0.5) is 8.78 Å². The Morgan fingerprint density at radius 1 is 1.33 bits per heavy atom. The minimum atomic E-state index is -0.832. The number of hydrogen-bond acceptors (Lipinski definition) is 2. The first kappa shape index (κ1) is 9.38. The monoisotopic (exact) mass is 193 g/mol. The first-order valence-corrected chi connectivity index (χ1v) is 3.53. The molecule has 0 saturated heterocycles. The summed E-state index contributed by atoms with van der Waals surface area (Å²) < 4.78 is 25.4. The minimum absolute atomic E-state index is 0.0228. The average molecular weight is 194 g/mol. The molecule has 0 atom stereocenters. The Morgan fingerprint density at radius 2 is 1.83 bits per heavy atom. The second-order valence-corrected chi connectivity index (χ2v) is 2.59. The van der Waals surface area contributed by atoms with E-state index < -0.39 is 16.7 Å². The zero-order valence-electron chi connectivity index (χ0n) is 5.94. The average Bonchev–Trinajstić information content (AvgIpc) is 2.01. The fourth-order valence-electron chi connectivity index (χ4n) is 0.801. The Labute approximate surface area is 72.7 Å². The highest BCUT2D eigenvalue weighted by molar-refractivity contribution is 6.30. The predicted octanol–water partition coefficient (Wildman–Crippen LogP) is 2.10. The highest BCUT2D eigenvalue weighted by Gasteiger charge is 2.07. The topological polar surface area (TPSA) is 32.3 Å². The maximum absolute atomic E-state index is 12.7. The Bertz CT molecular complexity index is 270. The molecule has 1 aromatic carbocycles. The molecule has 0 bridgehead atoms. The largest absolute Gasteiger partial charge is 0.316 e. The van der Waals surface area contributed by atoms with Gasteiger partial charge in [0, 0.05) is 6.54 Å². The van der Waals surface area contributed by atoms with E-state index in [0.29, 0.717) is 0 Å². The van der Waals surface area contributed by atoms with Crippen LogP contribution < -0.4 is 5.48 Å². The molecule has 0 spiro atoms. The van der Waals surface area contributed by atoms with Crippen molar-refractivity contribution in [1.29, 1.82) is 0 Å². The summed E-state index contributed by atoms with van der Waals surface area (Å²) in [4.78, 5) is 0. The molecule has 0 aliphatic carbocycles. The third-order valence-corrected chi connectivity index (χ3v) is 1.69. The number of rotatable bonds is 2. The van der Waals surface area contributed by atoms with Gasteiger partial charge in [-0.3, -0.25) is 0 Å². The van der Waals surface area contributed by atoms with Gasteiger partial charge < -0.3 is 5.21 Å². The number of hydrogen-bond donors (Lipinski definition) is 2. The van der Waals surface area contributed by atoms with Crippen molar-refractivity contribution < 1.29 is 14.0 Å². The molecule has 12 heavy (non-hydrogen) atoms. The molecule has 0 amide bonds. The van der Waals surface area contributed by atoms with Crippen molar-refractivity contribution in [2.24, 2.45) is 0 Å². The molecule has 5 heteroatoms. The van der Waals surface area contributed by atoms with Crippen LogP contribution in [0.3, 0.4) is 0 Å². The Morgan fingerprint density at radius 3 is 2.25 bits per heavy atom. The molecular weight excluding hydrogens is 188 g/mol. The minimum Gasteiger partial charge on any atom is -0.316 e. The highest BCUT2D eigenvalue weighted by atomic mass is 35.5. The maximum atomic E-state index is 12.7. The van der Waals surface area contributed by atoms with Gasteiger partial charge >= 0.3 is 0 Å². The fourth-order valence-corrected chi connectivity index (χ4v) is 0.910. The van der Waals surface area contributed by atoms with Crippen molar-refractivity contribution in [3.63, 3.8) is 0 Å². The lowest BCUT2D eigenvalue weighted by molar-refractivity contribution is 0.161. The Hall–Kier alpha value is -0.710. The quantitative estimate of drug-likeness (QED) is 0.557. The van der Waals surface area contributed by atoms with Crippen LogP contribution in [0.15, 0.2) is 12.1 Å². The van der Waals surface area contributed by atoms with Gasteiger partial charge in [0.25, 0.3) is 0 Å². The molecule has 2 N–H and O–H groups in total. The lowest BCUT2D eigenvalue weighted by atomic mass is 10.2. The maximum Gasteiger partial charge on any atom is 0.145 e. The van der Waals surface area contributed by atoms with Crippen molar-refractivity contribution in [3.8, 4) is 0 Å². The zero-order chi connectivity index (χ0) is 9.14. The van der Waals surface area contributed by atoms with Crippen LogP contribution in [0.2, 0.25) is 5.02 Å². The molecule has 0 aliphatic heterocycles. The summed E-state index contributed by atoms with van der Waals surface area (Å²) in [6.07, 6.45) is 0. The predicted molar refractivity (Wildman–Crippen MR) is 40.0 cm³/mol. The van der Waals surface area contributed by atoms with Crippen molar-refractivity contribution in [1.82, 2.24) is 5.48 Å². The van der Waals surface area contributed by atoms with E-state index in [2.05, 4.69) is 0 Å². The number of nitrogens with one attached hydrogen (secondary N) is 1. The second kappa shape index (κ2) is 3.80. The zero-order valence-corrected chi connectivity index (χ0v) is 6.70. The molecule has 66 valence electrons. The fraction of sp³-hybridized carbons (Fsp3) is 0.143.